The Balaban J connectivity index is 0.000000388. The van der Waals surface area contributed by atoms with Gasteiger partial charge in [-0.2, -0.15) is 0 Å². The van der Waals surface area contributed by atoms with Crippen LogP contribution in [-0.4, -0.2) is 57.9 Å². The van der Waals surface area contributed by atoms with E-state index in [1.165, 1.54) is 6.92 Å². The van der Waals surface area contributed by atoms with Crippen molar-refractivity contribution in [2.24, 2.45) is 11.5 Å². The number of hydrogen-bond acceptors (Lipinski definition) is 6. The highest BCUT2D eigenvalue weighted by molar-refractivity contribution is 5.74. The maximum absolute atomic E-state index is 10.4. The van der Waals surface area contributed by atoms with E-state index in [-0.39, 0.29) is 6.04 Å². The number of carboxylic acids is 3. The Morgan fingerprint density at radius 3 is 1.96 bits per heavy atom. The average molecular weight is 369 g/mol. The van der Waals surface area contributed by atoms with E-state index in [0.29, 0.717) is 6.42 Å². The molecular formula is C17H27N3O6. The number of rotatable bonds is 5. The van der Waals surface area contributed by atoms with Crippen molar-refractivity contribution in [3.63, 3.8) is 0 Å². The summed E-state index contributed by atoms with van der Waals surface area (Å²) in [7, 11) is 0. The number of carboxylic acid groups (broad SMARTS) is 3. The molecule has 3 atom stereocenters. The summed E-state index contributed by atoms with van der Waals surface area (Å²) in [4.78, 5) is 30.1. The molecule has 1 heterocycles. The zero-order valence-electron chi connectivity index (χ0n) is 14.7. The van der Waals surface area contributed by atoms with E-state index >= 15 is 0 Å². The van der Waals surface area contributed by atoms with Crippen molar-refractivity contribution in [2.75, 3.05) is 6.54 Å². The third-order valence-electron chi connectivity index (χ3n) is 3.36. The Hall–Kier alpha value is -2.49. The van der Waals surface area contributed by atoms with Crippen LogP contribution >= 0.6 is 0 Å². The quantitative estimate of drug-likeness (QED) is 0.413. The SMILES string of the molecule is CC(N)C(=O)O.NC(Cc1ccccc1)C(=O)O.O=C(O)[C@@H]1CCCN1. The van der Waals surface area contributed by atoms with Gasteiger partial charge in [0.25, 0.3) is 0 Å². The molecule has 0 aliphatic carbocycles. The Morgan fingerprint density at radius 2 is 1.65 bits per heavy atom. The van der Waals surface area contributed by atoms with Crippen molar-refractivity contribution < 1.29 is 29.7 Å². The molecule has 146 valence electrons. The van der Waals surface area contributed by atoms with Crippen LogP contribution in [0.4, 0.5) is 0 Å². The van der Waals surface area contributed by atoms with Crippen molar-refractivity contribution in [3.05, 3.63) is 35.9 Å². The van der Waals surface area contributed by atoms with Gasteiger partial charge >= 0.3 is 17.9 Å². The molecule has 0 aromatic heterocycles. The number of aliphatic carboxylic acids is 3. The molecule has 0 saturated carbocycles. The van der Waals surface area contributed by atoms with Crippen LogP contribution in [0.2, 0.25) is 0 Å². The van der Waals surface area contributed by atoms with E-state index in [0.717, 1.165) is 24.9 Å². The van der Waals surface area contributed by atoms with E-state index in [1.54, 1.807) is 0 Å². The first-order chi connectivity index (χ1) is 12.1. The molecule has 8 N–H and O–H groups in total. The summed E-state index contributed by atoms with van der Waals surface area (Å²) in [6.45, 7) is 2.28. The lowest BCUT2D eigenvalue weighted by Crippen LogP contribution is -2.32. The van der Waals surface area contributed by atoms with Crippen LogP contribution < -0.4 is 16.8 Å². The standard InChI is InChI=1S/C9H11NO2.C5H9NO2.C3H7NO2/c10-8(9(11)12)6-7-4-2-1-3-5-7;7-5(8)4-2-1-3-6-4;1-2(4)3(5)6/h1-5,8H,6,10H2,(H,11,12);4,6H,1-3H2,(H,7,8);2H,4H2,1H3,(H,5,6)/t;4-;/m.0./s1. The molecule has 1 aromatic rings. The van der Waals surface area contributed by atoms with Gasteiger partial charge in [-0.15, -0.1) is 0 Å². The third kappa shape index (κ3) is 11.1. The van der Waals surface area contributed by atoms with Gasteiger partial charge in [0.15, 0.2) is 0 Å². The molecule has 26 heavy (non-hydrogen) atoms. The monoisotopic (exact) mass is 369 g/mol. The van der Waals surface area contributed by atoms with Gasteiger partial charge in [-0.05, 0) is 38.3 Å². The molecule has 1 aliphatic rings. The first-order valence-electron chi connectivity index (χ1n) is 8.12. The summed E-state index contributed by atoms with van der Waals surface area (Å²) in [5.41, 5.74) is 11.1. The minimum absolute atomic E-state index is 0.269. The van der Waals surface area contributed by atoms with Gasteiger partial charge in [-0.3, -0.25) is 14.4 Å². The molecule has 0 spiro atoms. The molecule has 1 aliphatic heterocycles. The van der Waals surface area contributed by atoms with Gasteiger partial charge in [-0.1, -0.05) is 30.3 Å². The predicted octanol–water partition coefficient (Wildman–Crippen LogP) is -0.118. The van der Waals surface area contributed by atoms with E-state index in [4.69, 9.17) is 26.8 Å². The number of carbonyl (C=O) groups is 3. The smallest absolute Gasteiger partial charge is 0.320 e. The van der Waals surface area contributed by atoms with Crippen LogP contribution in [0.3, 0.4) is 0 Å². The highest BCUT2D eigenvalue weighted by atomic mass is 16.4. The Kier molecular flexibility index (Phi) is 11.6. The van der Waals surface area contributed by atoms with Crippen molar-refractivity contribution in [1.82, 2.24) is 5.32 Å². The molecular weight excluding hydrogens is 342 g/mol. The molecule has 0 radical (unpaired) electrons. The lowest BCUT2D eigenvalue weighted by atomic mass is 10.1. The minimum Gasteiger partial charge on any atom is -0.480 e. The summed E-state index contributed by atoms with van der Waals surface area (Å²) in [5.74, 6) is -2.64. The summed E-state index contributed by atoms with van der Waals surface area (Å²) in [6.07, 6.45) is 2.17. The molecule has 0 bridgehead atoms. The van der Waals surface area contributed by atoms with Gasteiger partial charge < -0.3 is 32.1 Å². The second-order valence-electron chi connectivity index (χ2n) is 5.75. The first-order valence-corrected chi connectivity index (χ1v) is 8.12. The lowest BCUT2D eigenvalue weighted by molar-refractivity contribution is -0.139. The summed E-state index contributed by atoms with van der Waals surface area (Å²) in [6, 6.07) is 7.54. The van der Waals surface area contributed by atoms with Crippen LogP contribution in [-0.2, 0) is 20.8 Å². The number of nitrogens with two attached hydrogens (primary N) is 2. The van der Waals surface area contributed by atoms with Crippen molar-refractivity contribution in [1.29, 1.82) is 0 Å². The van der Waals surface area contributed by atoms with E-state index in [2.05, 4.69) is 5.32 Å². The fourth-order valence-electron chi connectivity index (χ4n) is 1.85. The Morgan fingerprint density at radius 1 is 1.12 bits per heavy atom. The van der Waals surface area contributed by atoms with Crippen LogP contribution in [0.25, 0.3) is 0 Å². The Labute approximate surface area is 152 Å². The molecule has 2 unspecified atom stereocenters. The van der Waals surface area contributed by atoms with E-state index in [9.17, 15) is 14.4 Å². The minimum atomic E-state index is -0.963. The number of nitrogens with one attached hydrogen (secondary N) is 1. The Bertz CT molecular complexity index is 559. The van der Waals surface area contributed by atoms with E-state index < -0.39 is 30.0 Å². The summed E-state index contributed by atoms with van der Waals surface area (Å²) in [5, 5.41) is 27.6. The topological polar surface area (TPSA) is 176 Å². The van der Waals surface area contributed by atoms with Gasteiger partial charge in [0.05, 0.1) is 0 Å². The first kappa shape index (κ1) is 23.5. The van der Waals surface area contributed by atoms with Gasteiger partial charge in [0.2, 0.25) is 0 Å². The van der Waals surface area contributed by atoms with E-state index in [1.807, 2.05) is 30.3 Å². The second-order valence-corrected chi connectivity index (χ2v) is 5.75. The molecule has 1 fully saturated rings. The van der Waals surface area contributed by atoms with Gasteiger partial charge in [-0.25, -0.2) is 0 Å². The largest absolute Gasteiger partial charge is 0.480 e. The van der Waals surface area contributed by atoms with Crippen LogP contribution in [0.1, 0.15) is 25.3 Å². The predicted molar refractivity (Wildman–Crippen MR) is 95.7 cm³/mol. The normalized spacial score (nSPS) is 17.6. The highest BCUT2D eigenvalue weighted by Crippen LogP contribution is 2.03. The molecule has 9 heteroatoms. The third-order valence-corrected chi connectivity index (χ3v) is 3.36. The highest BCUT2D eigenvalue weighted by Gasteiger charge is 2.20. The molecule has 1 aromatic carbocycles. The summed E-state index contributed by atoms with van der Waals surface area (Å²) >= 11 is 0. The van der Waals surface area contributed by atoms with Crippen LogP contribution in [0.5, 0.6) is 0 Å². The zero-order chi connectivity index (χ0) is 20.1. The molecule has 1 saturated heterocycles. The summed E-state index contributed by atoms with van der Waals surface area (Å²) < 4.78 is 0. The second kappa shape index (κ2) is 12.8. The van der Waals surface area contributed by atoms with Crippen LogP contribution in [0, 0.1) is 0 Å². The van der Waals surface area contributed by atoms with Crippen molar-refractivity contribution >= 4 is 17.9 Å². The number of hydrogen-bond donors (Lipinski definition) is 6. The molecule has 2 rings (SSSR count). The fourth-order valence-corrected chi connectivity index (χ4v) is 1.85. The maximum atomic E-state index is 10.4. The maximum Gasteiger partial charge on any atom is 0.320 e. The van der Waals surface area contributed by atoms with Gasteiger partial charge in [0.1, 0.15) is 18.1 Å². The lowest BCUT2D eigenvalue weighted by Gasteiger charge is -2.04. The van der Waals surface area contributed by atoms with Crippen LogP contribution in [0.15, 0.2) is 30.3 Å². The fraction of sp³-hybridized carbons (Fsp3) is 0.471. The van der Waals surface area contributed by atoms with Gasteiger partial charge in [0, 0.05) is 0 Å². The van der Waals surface area contributed by atoms with Crippen molar-refractivity contribution in [2.45, 2.75) is 44.3 Å². The van der Waals surface area contributed by atoms with Crippen molar-refractivity contribution in [3.8, 4) is 0 Å². The number of benzene rings is 1. The molecule has 9 nitrogen and oxygen atoms in total. The molecule has 0 amide bonds. The zero-order valence-corrected chi connectivity index (χ0v) is 14.7. The average Bonchev–Trinajstić information content (AvgIpc) is 3.11.